The van der Waals surface area contributed by atoms with E-state index in [0.29, 0.717) is 13.2 Å². The number of anilines is 2. The van der Waals surface area contributed by atoms with Gasteiger partial charge in [0.05, 0.1) is 0 Å². The highest BCUT2D eigenvalue weighted by atomic mass is 16.5. The maximum absolute atomic E-state index is 5.39. The zero-order chi connectivity index (χ0) is 13.8. The minimum atomic E-state index is 0.465. The first-order chi connectivity index (χ1) is 9.13. The largest absolute Gasteiger partial charge is 0.374 e. The third-order valence-electron chi connectivity index (χ3n) is 3.63. The standard InChI is InChI=1S/C14H24N4O/c1-5-19-9-13-16-12(15-3)7-14(17-13)18(4)8-11-6-10(11)2/h7,10-11H,5-6,8-9H2,1-4H3,(H,15,16,17). The van der Waals surface area contributed by atoms with Crippen molar-refractivity contribution in [3.63, 3.8) is 0 Å². The van der Waals surface area contributed by atoms with Crippen LogP contribution in [0.1, 0.15) is 26.1 Å². The van der Waals surface area contributed by atoms with Gasteiger partial charge in [-0.3, -0.25) is 0 Å². The van der Waals surface area contributed by atoms with Gasteiger partial charge in [-0.05, 0) is 25.2 Å². The van der Waals surface area contributed by atoms with E-state index >= 15 is 0 Å². The van der Waals surface area contributed by atoms with Crippen LogP contribution in [0.2, 0.25) is 0 Å². The molecule has 0 saturated heterocycles. The van der Waals surface area contributed by atoms with Crippen molar-refractivity contribution in [2.75, 3.05) is 37.5 Å². The normalized spacial score (nSPS) is 21.3. The van der Waals surface area contributed by atoms with Crippen LogP contribution in [-0.4, -0.2) is 37.2 Å². The molecule has 1 fully saturated rings. The quantitative estimate of drug-likeness (QED) is 0.817. The molecule has 1 aromatic heterocycles. The molecule has 1 aliphatic carbocycles. The molecule has 2 unspecified atom stereocenters. The van der Waals surface area contributed by atoms with Crippen LogP contribution >= 0.6 is 0 Å². The molecule has 1 N–H and O–H groups in total. The summed E-state index contributed by atoms with van der Waals surface area (Å²) in [5.74, 6) is 4.22. The molecule has 1 aliphatic rings. The van der Waals surface area contributed by atoms with Gasteiger partial charge in [0.25, 0.3) is 0 Å². The van der Waals surface area contributed by atoms with Crippen molar-refractivity contribution in [1.82, 2.24) is 9.97 Å². The molecule has 0 aliphatic heterocycles. The number of nitrogens with zero attached hydrogens (tertiary/aromatic N) is 3. The Hall–Kier alpha value is -1.36. The van der Waals surface area contributed by atoms with E-state index in [-0.39, 0.29) is 0 Å². The van der Waals surface area contributed by atoms with Crippen molar-refractivity contribution >= 4 is 11.6 Å². The predicted octanol–water partition coefficient (Wildman–Crippen LogP) is 2.15. The molecular formula is C14H24N4O. The van der Waals surface area contributed by atoms with Crippen LogP contribution in [0.15, 0.2) is 6.07 Å². The topological polar surface area (TPSA) is 50.3 Å². The molecule has 1 saturated carbocycles. The summed E-state index contributed by atoms with van der Waals surface area (Å²) in [7, 11) is 3.97. The lowest BCUT2D eigenvalue weighted by Gasteiger charge is -2.19. The van der Waals surface area contributed by atoms with Crippen LogP contribution in [0.3, 0.4) is 0 Å². The predicted molar refractivity (Wildman–Crippen MR) is 77.4 cm³/mol. The SMILES string of the molecule is CCOCc1nc(NC)cc(N(C)CC2CC2C)n1. The summed E-state index contributed by atoms with van der Waals surface area (Å²) in [5.41, 5.74) is 0. The minimum Gasteiger partial charge on any atom is -0.374 e. The van der Waals surface area contributed by atoms with Crippen LogP contribution in [0, 0.1) is 11.8 Å². The summed E-state index contributed by atoms with van der Waals surface area (Å²) < 4.78 is 5.39. The average Bonchev–Trinajstić information content (AvgIpc) is 3.11. The van der Waals surface area contributed by atoms with Gasteiger partial charge in [0.15, 0.2) is 5.82 Å². The van der Waals surface area contributed by atoms with Gasteiger partial charge in [0.2, 0.25) is 0 Å². The van der Waals surface area contributed by atoms with Crippen LogP contribution in [-0.2, 0) is 11.3 Å². The Morgan fingerprint density at radius 3 is 2.79 bits per heavy atom. The van der Waals surface area contributed by atoms with Gasteiger partial charge in [-0.25, -0.2) is 9.97 Å². The van der Waals surface area contributed by atoms with E-state index in [2.05, 4.69) is 34.2 Å². The lowest BCUT2D eigenvalue weighted by molar-refractivity contribution is 0.128. The number of hydrogen-bond acceptors (Lipinski definition) is 5. The number of hydrogen-bond donors (Lipinski definition) is 1. The molecule has 0 spiro atoms. The number of rotatable bonds is 7. The first-order valence-electron chi connectivity index (χ1n) is 6.98. The molecule has 2 atom stereocenters. The second kappa shape index (κ2) is 6.19. The lowest BCUT2D eigenvalue weighted by atomic mass is 10.3. The summed E-state index contributed by atoms with van der Waals surface area (Å²) >= 11 is 0. The Morgan fingerprint density at radius 2 is 2.21 bits per heavy atom. The van der Waals surface area contributed by atoms with Crippen LogP contribution < -0.4 is 10.2 Å². The maximum atomic E-state index is 5.39. The highest BCUT2D eigenvalue weighted by Crippen LogP contribution is 2.38. The van der Waals surface area contributed by atoms with Gasteiger partial charge < -0.3 is 15.0 Å². The Bertz CT molecular complexity index is 424. The van der Waals surface area contributed by atoms with Crippen molar-refractivity contribution in [1.29, 1.82) is 0 Å². The lowest BCUT2D eigenvalue weighted by Crippen LogP contribution is -2.22. The zero-order valence-electron chi connectivity index (χ0n) is 12.3. The summed E-state index contributed by atoms with van der Waals surface area (Å²) in [6, 6.07) is 1.99. The number of nitrogens with one attached hydrogen (secondary N) is 1. The first kappa shape index (κ1) is 14.1. The molecule has 0 aromatic carbocycles. The third-order valence-corrected chi connectivity index (χ3v) is 3.63. The molecule has 5 heteroatoms. The highest BCUT2D eigenvalue weighted by Gasteiger charge is 2.33. The Labute approximate surface area is 115 Å². The average molecular weight is 264 g/mol. The zero-order valence-corrected chi connectivity index (χ0v) is 12.3. The van der Waals surface area contributed by atoms with Crippen molar-refractivity contribution in [3.05, 3.63) is 11.9 Å². The van der Waals surface area contributed by atoms with Crippen LogP contribution in [0.5, 0.6) is 0 Å². The number of aromatic nitrogens is 2. The maximum Gasteiger partial charge on any atom is 0.158 e. The number of ether oxygens (including phenoxy) is 1. The van der Waals surface area contributed by atoms with Crippen LogP contribution in [0.25, 0.3) is 0 Å². The molecule has 106 valence electrons. The van der Waals surface area contributed by atoms with Crippen molar-refractivity contribution in [2.45, 2.75) is 26.9 Å². The van der Waals surface area contributed by atoms with Gasteiger partial charge in [-0.2, -0.15) is 0 Å². The van der Waals surface area contributed by atoms with E-state index in [0.717, 1.165) is 35.8 Å². The van der Waals surface area contributed by atoms with E-state index in [4.69, 9.17) is 4.74 Å². The first-order valence-corrected chi connectivity index (χ1v) is 6.98. The molecule has 5 nitrogen and oxygen atoms in total. The molecule has 19 heavy (non-hydrogen) atoms. The summed E-state index contributed by atoms with van der Waals surface area (Å²) in [4.78, 5) is 11.2. The summed E-state index contributed by atoms with van der Waals surface area (Å²) in [5, 5.41) is 3.08. The van der Waals surface area contributed by atoms with E-state index in [9.17, 15) is 0 Å². The van der Waals surface area contributed by atoms with E-state index in [1.807, 2.05) is 20.0 Å². The molecule has 1 aromatic rings. The second-order valence-electron chi connectivity index (χ2n) is 5.27. The molecule has 0 radical (unpaired) electrons. The Kier molecular flexibility index (Phi) is 4.58. The Balaban J connectivity index is 2.08. The van der Waals surface area contributed by atoms with Gasteiger partial charge in [0, 0.05) is 33.3 Å². The van der Waals surface area contributed by atoms with E-state index in [1.165, 1.54) is 6.42 Å². The smallest absolute Gasteiger partial charge is 0.158 e. The summed E-state index contributed by atoms with van der Waals surface area (Å²) in [6.45, 7) is 6.49. The molecule has 1 heterocycles. The fourth-order valence-corrected chi connectivity index (χ4v) is 2.16. The fourth-order valence-electron chi connectivity index (χ4n) is 2.16. The molecular weight excluding hydrogens is 240 g/mol. The minimum absolute atomic E-state index is 0.465. The van der Waals surface area contributed by atoms with E-state index < -0.39 is 0 Å². The van der Waals surface area contributed by atoms with Gasteiger partial charge in [-0.15, -0.1) is 0 Å². The monoisotopic (exact) mass is 264 g/mol. The molecule has 0 bridgehead atoms. The summed E-state index contributed by atoms with van der Waals surface area (Å²) in [6.07, 6.45) is 1.33. The van der Waals surface area contributed by atoms with Gasteiger partial charge in [0.1, 0.15) is 18.2 Å². The van der Waals surface area contributed by atoms with Gasteiger partial charge >= 0.3 is 0 Å². The van der Waals surface area contributed by atoms with Crippen molar-refractivity contribution in [3.8, 4) is 0 Å². The second-order valence-corrected chi connectivity index (χ2v) is 5.27. The van der Waals surface area contributed by atoms with Crippen molar-refractivity contribution < 1.29 is 4.74 Å². The highest BCUT2D eigenvalue weighted by molar-refractivity contribution is 5.48. The van der Waals surface area contributed by atoms with E-state index in [1.54, 1.807) is 0 Å². The van der Waals surface area contributed by atoms with Gasteiger partial charge in [-0.1, -0.05) is 6.92 Å². The molecule has 2 rings (SSSR count). The molecule has 0 amide bonds. The third kappa shape index (κ3) is 3.80. The fraction of sp³-hybridized carbons (Fsp3) is 0.714. The Morgan fingerprint density at radius 1 is 1.47 bits per heavy atom. The van der Waals surface area contributed by atoms with Crippen LogP contribution in [0.4, 0.5) is 11.6 Å². The van der Waals surface area contributed by atoms with Crippen molar-refractivity contribution in [2.24, 2.45) is 11.8 Å².